The van der Waals surface area contributed by atoms with Crippen LogP contribution in [0.4, 0.5) is 0 Å². The minimum absolute atomic E-state index is 0.0542. The topological polar surface area (TPSA) is 50.8 Å². The number of ether oxygens (including phenoxy) is 2. The number of carbonyl (C=O) groups is 1. The van der Waals surface area contributed by atoms with Crippen molar-refractivity contribution in [2.45, 2.75) is 39.0 Å². The molecule has 1 N–H and O–H groups in total. The molecule has 24 heavy (non-hydrogen) atoms. The van der Waals surface area contributed by atoms with Gasteiger partial charge in [-0.2, -0.15) is 0 Å². The molecular formula is C19H28N2O3. The summed E-state index contributed by atoms with van der Waals surface area (Å²) >= 11 is 0. The number of nitrogens with zero attached hydrogens (tertiary/aromatic N) is 1. The predicted octanol–water partition coefficient (Wildman–Crippen LogP) is 2.06. The van der Waals surface area contributed by atoms with Crippen LogP contribution in [0.2, 0.25) is 0 Å². The van der Waals surface area contributed by atoms with Gasteiger partial charge in [0.05, 0.1) is 19.8 Å². The lowest BCUT2D eigenvalue weighted by Crippen LogP contribution is -2.66. The Kier molecular flexibility index (Phi) is 4.83. The van der Waals surface area contributed by atoms with Gasteiger partial charge in [0.1, 0.15) is 5.75 Å². The summed E-state index contributed by atoms with van der Waals surface area (Å²) < 4.78 is 11.1. The van der Waals surface area contributed by atoms with Gasteiger partial charge in [-0.15, -0.1) is 0 Å². The van der Waals surface area contributed by atoms with Crippen LogP contribution in [-0.2, 0) is 16.1 Å². The minimum atomic E-state index is 0.0542. The van der Waals surface area contributed by atoms with Crippen LogP contribution >= 0.6 is 0 Å². The average Bonchev–Trinajstić information content (AvgIpc) is 2.99. The van der Waals surface area contributed by atoms with E-state index in [2.05, 4.69) is 24.1 Å². The van der Waals surface area contributed by atoms with Gasteiger partial charge in [0.2, 0.25) is 5.91 Å². The zero-order chi connectivity index (χ0) is 17.3. The molecule has 2 aliphatic rings. The summed E-state index contributed by atoms with van der Waals surface area (Å²) in [5, 5.41) is 3.00. The largest absolute Gasteiger partial charge is 0.497 e. The van der Waals surface area contributed by atoms with Gasteiger partial charge in [-0.1, -0.05) is 26.0 Å². The first-order valence-corrected chi connectivity index (χ1v) is 8.65. The van der Waals surface area contributed by atoms with Gasteiger partial charge in [0, 0.05) is 30.5 Å². The van der Waals surface area contributed by atoms with E-state index in [-0.39, 0.29) is 11.3 Å². The zero-order valence-corrected chi connectivity index (χ0v) is 15.0. The molecule has 3 rings (SSSR count). The molecule has 0 radical (unpaired) electrons. The molecule has 3 atom stereocenters. The molecule has 0 unspecified atom stereocenters. The second kappa shape index (κ2) is 6.73. The van der Waals surface area contributed by atoms with E-state index in [0.717, 1.165) is 24.3 Å². The van der Waals surface area contributed by atoms with E-state index in [1.807, 2.05) is 31.3 Å². The molecule has 1 saturated heterocycles. The second-order valence-corrected chi connectivity index (χ2v) is 7.55. The Morgan fingerprint density at radius 3 is 3.00 bits per heavy atom. The maximum atomic E-state index is 12.3. The van der Waals surface area contributed by atoms with Gasteiger partial charge < -0.3 is 14.8 Å². The van der Waals surface area contributed by atoms with Crippen molar-refractivity contribution >= 4 is 5.91 Å². The number of nitrogens with one attached hydrogen (secondary N) is 1. The van der Waals surface area contributed by atoms with E-state index in [9.17, 15) is 4.79 Å². The number of carbonyl (C=O) groups excluding carboxylic acids is 1. The van der Waals surface area contributed by atoms with Crippen LogP contribution in [-0.4, -0.2) is 50.3 Å². The number of fused-ring (bicyclic) bond motifs is 1. The van der Waals surface area contributed by atoms with E-state index in [0.29, 0.717) is 31.2 Å². The highest BCUT2D eigenvalue weighted by molar-refractivity contribution is 5.78. The molecule has 1 aliphatic carbocycles. The highest BCUT2D eigenvalue weighted by Gasteiger charge is 2.60. The molecule has 132 valence electrons. The lowest BCUT2D eigenvalue weighted by atomic mass is 9.57. The first-order chi connectivity index (χ1) is 11.4. The number of amides is 1. The zero-order valence-electron chi connectivity index (χ0n) is 15.0. The Morgan fingerprint density at radius 1 is 1.46 bits per heavy atom. The Bertz CT molecular complexity index is 602. The quantitative estimate of drug-likeness (QED) is 0.866. The molecule has 0 bridgehead atoms. The van der Waals surface area contributed by atoms with Crippen molar-refractivity contribution in [3.8, 4) is 5.75 Å². The molecule has 1 aromatic carbocycles. The third kappa shape index (κ3) is 3.15. The maximum absolute atomic E-state index is 12.3. The average molecular weight is 332 g/mol. The highest BCUT2D eigenvalue weighted by Crippen LogP contribution is 2.54. The maximum Gasteiger partial charge on any atom is 0.234 e. The smallest absolute Gasteiger partial charge is 0.234 e. The fourth-order valence-electron chi connectivity index (χ4n) is 4.56. The van der Waals surface area contributed by atoms with Crippen LogP contribution in [0.15, 0.2) is 24.3 Å². The van der Waals surface area contributed by atoms with Crippen LogP contribution < -0.4 is 10.1 Å². The Hall–Kier alpha value is -1.59. The summed E-state index contributed by atoms with van der Waals surface area (Å²) in [6, 6.07) is 8.18. The van der Waals surface area contributed by atoms with Crippen LogP contribution in [0.3, 0.4) is 0 Å². The van der Waals surface area contributed by atoms with Gasteiger partial charge in [0.25, 0.3) is 0 Å². The molecule has 1 saturated carbocycles. The number of hydrogen-bond donors (Lipinski definition) is 1. The number of hydrogen-bond acceptors (Lipinski definition) is 4. The third-order valence-corrected chi connectivity index (χ3v) is 5.53. The van der Waals surface area contributed by atoms with Gasteiger partial charge in [-0.05, 0) is 31.2 Å². The highest BCUT2D eigenvalue weighted by atomic mass is 16.5. The fraction of sp³-hybridized carbons (Fsp3) is 0.632. The standard InChI is InChI=1S/C19H28N2O3/c1-19(2)17(15-8-9-24-18(15)19)21(3)12-16(22)20-11-13-6-5-7-14(10-13)23-4/h5-7,10,15,17-18H,8-9,11-12H2,1-4H3,(H,20,22)/t15-,17-,18+/m1/s1. The van der Waals surface area contributed by atoms with Crippen LogP contribution in [0.5, 0.6) is 5.75 Å². The Morgan fingerprint density at radius 2 is 2.25 bits per heavy atom. The lowest BCUT2D eigenvalue weighted by Gasteiger charge is -2.57. The monoisotopic (exact) mass is 332 g/mol. The summed E-state index contributed by atoms with van der Waals surface area (Å²) in [6.45, 7) is 6.28. The van der Waals surface area contributed by atoms with Crippen molar-refractivity contribution in [3.63, 3.8) is 0 Å². The van der Waals surface area contributed by atoms with Crippen LogP contribution in [0, 0.1) is 11.3 Å². The lowest BCUT2D eigenvalue weighted by molar-refractivity contribution is -0.154. The summed E-state index contributed by atoms with van der Waals surface area (Å²) in [4.78, 5) is 14.5. The summed E-state index contributed by atoms with van der Waals surface area (Å²) in [5.74, 6) is 1.43. The molecular weight excluding hydrogens is 304 g/mol. The molecule has 1 amide bonds. The normalized spacial score (nSPS) is 27.5. The van der Waals surface area contributed by atoms with Gasteiger partial charge >= 0.3 is 0 Å². The Balaban J connectivity index is 1.51. The summed E-state index contributed by atoms with van der Waals surface area (Å²) in [5.41, 5.74) is 1.15. The molecule has 1 heterocycles. The summed E-state index contributed by atoms with van der Waals surface area (Å²) in [7, 11) is 3.69. The van der Waals surface area contributed by atoms with E-state index in [1.54, 1.807) is 7.11 Å². The third-order valence-electron chi connectivity index (χ3n) is 5.53. The van der Waals surface area contributed by atoms with Crippen molar-refractivity contribution in [3.05, 3.63) is 29.8 Å². The molecule has 1 aromatic rings. The first-order valence-electron chi connectivity index (χ1n) is 8.65. The van der Waals surface area contributed by atoms with Crippen LogP contribution in [0.25, 0.3) is 0 Å². The van der Waals surface area contributed by atoms with Gasteiger partial charge in [-0.3, -0.25) is 9.69 Å². The SMILES string of the molecule is COc1cccc(CNC(=O)CN(C)[C@@H]2[C@H]3CCO[C@@H]3C2(C)C)c1. The van der Waals surface area contributed by atoms with Crippen molar-refractivity contribution in [2.75, 3.05) is 27.3 Å². The number of rotatable bonds is 6. The van der Waals surface area contributed by atoms with E-state index in [1.165, 1.54) is 0 Å². The van der Waals surface area contributed by atoms with Crippen molar-refractivity contribution in [2.24, 2.45) is 11.3 Å². The Labute approximate surface area is 144 Å². The molecule has 5 nitrogen and oxygen atoms in total. The van der Waals surface area contributed by atoms with Gasteiger partial charge in [-0.25, -0.2) is 0 Å². The number of likely N-dealkylation sites (N-methyl/N-ethyl adjacent to an activating group) is 1. The van der Waals surface area contributed by atoms with Crippen molar-refractivity contribution in [1.82, 2.24) is 10.2 Å². The molecule has 5 heteroatoms. The van der Waals surface area contributed by atoms with E-state index in [4.69, 9.17) is 9.47 Å². The summed E-state index contributed by atoms with van der Waals surface area (Å²) in [6.07, 6.45) is 1.46. The fourth-order valence-corrected chi connectivity index (χ4v) is 4.56. The van der Waals surface area contributed by atoms with E-state index >= 15 is 0 Å². The van der Waals surface area contributed by atoms with E-state index < -0.39 is 0 Å². The van der Waals surface area contributed by atoms with Crippen molar-refractivity contribution in [1.29, 1.82) is 0 Å². The van der Waals surface area contributed by atoms with Crippen molar-refractivity contribution < 1.29 is 14.3 Å². The number of methoxy groups -OCH3 is 1. The molecule has 2 fully saturated rings. The van der Waals surface area contributed by atoms with Crippen LogP contribution in [0.1, 0.15) is 25.8 Å². The minimum Gasteiger partial charge on any atom is -0.497 e. The second-order valence-electron chi connectivity index (χ2n) is 7.55. The van der Waals surface area contributed by atoms with Gasteiger partial charge in [0.15, 0.2) is 0 Å². The number of benzene rings is 1. The molecule has 0 spiro atoms. The predicted molar refractivity (Wildman–Crippen MR) is 92.9 cm³/mol. The first kappa shape index (κ1) is 17.2. The molecule has 1 aliphatic heterocycles. The molecule has 0 aromatic heterocycles.